The fourth-order valence-corrected chi connectivity index (χ4v) is 8.32. The van der Waals surface area contributed by atoms with Crippen LogP contribution in [0.5, 0.6) is 0 Å². The zero-order valence-electron chi connectivity index (χ0n) is 16.6. The van der Waals surface area contributed by atoms with Crippen molar-refractivity contribution < 1.29 is 14.6 Å². The SMILES string of the molecule is Nc1nc(COC(=O)C23C[C@H]4C[C@@H](CC(O)(C4)C2)C3)nc2sc3c(c12)CCCC3. The molecule has 0 saturated heterocycles. The van der Waals surface area contributed by atoms with Gasteiger partial charge in [-0.1, -0.05) is 0 Å². The van der Waals surface area contributed by atoms with Gasteiger partial charge >= 0.3 is 5.97 Å². The van der Waals surface area contributed by atoms with Crippen LogP contribution in [0.4, 0.5) is 5.82 Å². The highest BCUT2D eigenvalue weighted by molar-refractivity contribution is 7.19. The number of aliphatic hydroxyl groups is 1. The molecule has 29 heavy (non-hydrogen) atoms. The molecule has 5 aliphatic carbocycles. The van der Waals surface area contributed by atoms with Crippen LogP contribution in [0.1, 0.15) is 67.6 Å². The summed E-state index contributed by atoms with van der Waals surface area (Å²) >= 11 is 1.70. The van der Waals surface area contributed by atoms with Crippen LogP contribution in [0.25, 0.3) is 10.2 Å². The van der Waals surface area contributed by atoms with E-state index in [9.17, 15) is 9.90 Å². The Kier molecular flexibility index (Phi) is 3.83. The van der Waals surface area contributed by atoms with E-state index in [1.54, 1.807) is 11.3 Å². The second kappa shape index (κ2) is 6.14. The minimum Gasteiger partial charge on any atom is -0.457 e. The maximum atomic E-state index is 13.1. The fourth-order valence-electron chi connectivity index (χ4n) is 7.03. The van der Waals surface area contributed by atoms with Gasteiger partial charge in [-0.25, -0.2) is 9.97 Å². The zero-order valence-corrected chi connectivity index (χ0v) is 17.4. The molecule has 4 fully saturated rings. The monoisotopic (exact) mass is 413 g/mol. The Morgan fingerprint density at radius 3 is 2.69 bits per heavy atom. The number of carbonyl (C=O) groups excluding carboxylic acids is 1. The maximum Gasteiger partial charge on any atom is 0.312 e. The van der Waals surface area contributed by atoms with Gasteiger partial charge in [-0.2, -0.15) is 0 Å². The lowest BCUT2D eigenvalue weighted by atomic mass is 9.48. The molecular formula is C22H27N3O3S. The molecule has 6 nitrogen and oxygen atoms in total. The van der Waals surface area contributed by atoms with Crippen LogP contribution in [-0.4, -0.2) is 26.6 Å². The van der Waals surface area contributed by atoms with E-state index >= 15 is 0 Å². The second-order valence-corrected chi connectivity index (χ2v) is 11.0. The number of nitrogens with zero attached hydrogens (tertiary/aromatic N) is 2. The van der Waals surface area contributed by atoms with Crippen molar-refractivity contribution in [1.82, 2.24) is 9.97 Å². The largest absolute Gasteiger partial charge is 0.457 e. The van der Waals surface area contributed by atoms with E-state index in [2.05, 4.69) is 9.97 Å². The lowest BCUT2D eigenvalue weighted by molar-refractivity contribution is -0.197. The first kappa shape index (κ1) is 18.1. The molecule has 7 heteroatoms. The minimum atomic E-state index is -0.668. The van der Waals surface area contributed by atoms with E-state index < -0.39 is 11.0 Å². The van der Waals surface area contributed by atoms with Crippen LogP contribution in [0, 0.1) is 17.3 Å². The third-order valence-electron chi connectivity index (χ3n) is 7.68. The first-order valence-electron chi connectivity index (χ1n) is 10.9. The van der Waals surface area contributed by atoms with E-state index in [-0.39, 0.29) is 12.6 Å². The van der Waals surface area contributed by atoms with Gasteiger partial charge in [0.05, 0.1) is 16.4 Å². The molecule has 2 heterocycles. The van der Waals surface area contributed by atoms with Crippen LogP contribution >= 0.6 is 11.3 Å². The predicted octanol–water partition coefficient (Wildman–Crippen LogP) is 3.53. The molecule has 5 aliphatic rings. The van der Waals surface area contributed by atoms with Crippen molar-refractivity contribution >= 4 is 33.3 Å². The highest BCUT2D eigenvalue weighted by Crippen LogP contribution is 2.62. The number of rotatable bonds is 3. The number of carbonyl (C=O) groups is 1. The number of hydrogen-bond donors (Lipinski definition) is 2. The number of nitrogens with two attached hydrogens (primary N) is 1. The summed E-state index contributed by atoms with van der Waals surface area (Å²) in [6.45, 7) is 0.0526. The van der Waals surface area contributed by atoms with Crippen molar-refractivity contribution in [3.05, 3.63) is 16.3 Å². The number of fused-ring (bicyclic) bond motifs is 3. The number of nitrogen functional groups attached to an aromatic ring is 1. The Balaban J connectivity index is 1.23. The van der Waals surface area contributed by atoms with E-state index in [1.165, 1.54) is 23.3 Å². The van der Waals surface area contributed by atoms with E-state index in [0.717, 1.165) is 55.2 Å². The second-order valence-electron chi connectivity index (χ2n) is 9.96. The molecular weight excluding hydrogens is 386 g/mol. The van der Waals surface area contributed by atoms with Gasteiger partial charge < -0.3 is 15.6 Å². The number of aryl methyl sites for hydroxylation is 2. The molecule has 0 aliphatic heterocycles. The summed E-state index contributed by atoms with van der Waals surface area (Å²) in [6.07, 6.45) is 9.63. The fraction of sp³-hybridized carbons (Fsp3) is 0.682. The number of aromatic nitrogens is 2. The van der Waals surface area contributed by atoms with Gasteiger partial charge in [0.2, 0.25) is 0 Å². The molecule has 0 aromatic carbocycles. The van der Waals surface area contributed by atoms with Crippen molar-refractivity contribution in [3.8, 4) is 0 Å². The van der Waals surface area contributed by atoms with E-state index in [4.69, 9.17) is 10.5 Å². The topological polar surface area (TPSA) is 98.3 Å². The lowest BCUT2D eigenvalue weighted by Gasteiger charge is -2.58. The summed E-state index contributed by atoms with van der Waals surface area (Å²) in [5.41, 5.74) is 6.41. The van der Waals surface area contributed by atoms with Crippen LogP contribution in [-0.2, 0) is 29.0 Å². The summed E-state index contributed by atoms with van der Waals surface area (Å²) in [6, 6.07) is 0. The van der Waals surface area contributed by atoms with Gasteiger partial charge in [-0.3, -0.25) is 4.79 Å². The molecule has 0 unspecified atom stereocenters. The van der Waals surface area contributed by atoms with E-state index in [0.29, 0.717) is 29.9 Å². The standard InChI is InChI=1S/C22H27N3O3S/c23-18-17-14-3-1-2-4-15(14)29-19(17)25-16(24-18)10-28-20(26)21-6-12-5-13(7-21)9-22(27,8-12)11-21/h12-13,27H,1-11H2,(H2,23,24,25)/t12-,13-,21?,22?/m1/s1. The molecule has 0 amide bonds. The van der Waals surface area contributed by atoms with Crippen LogP contribution in [0.15, 0.2) is 0 Å². The Hall–Kier alpha value is -1.73. The summed E-state index contributed by atoms with van der Waals surface area (Å²) in [7, 11) is 0. The molecule has 2 aromatic heterocycles. The van der Waals surface area contributed by atoms with Crippen LogP contribution < -0.4 is 5.73 Å². The normalized spacial score (nSPS) is 35.1. The molecule has 7 rings (SSSR count). The van der Waals surface area contributed by atoms with Gasteiger partial charge in [0.15, 0.2) is 12.4 Å². The Bertz CT molecular complexity index is 1000. The number of thiophene rings is 1. The Morgan fingerprint density at radius 1 is 1.17 bits per heavy atom. The quantitative estimate of drug-likeness (QED) is 0.747. The average molecular weight is 414 g/mol. The van der Waals surface area contributed by atoms with E-state index in [1.807, 2.05) is 0 Å². The zero-order chi connectivity index (χ0) is 19.8. The number of anilines is 1. The van der Waals surface area contributed by atoms with Gasteiger partial charge in [0, 0.05) is 4.88 Å². The number of esters is 1. The molecule has 4 bridgehead atoms. The van der Waals surface area contributed by atoms with Gasteiger partial charge in [0.1, 0.15) is 10.6 Å². The number of hydrogen-bond acceptors (Lipinski definition) is 7. The first-order chi connectivity index (χ1) is 13.9. The lowest BCUT2D eigenvalue weighted by Crippen LogP contribution is -2.58. The van der Waals surface area contributed by atoms with Crippen LogP contribution in [0.2, 0.25) is 0 Å². The molecule has 3 N–H and O–H groups in total. The predicted molar refractivity (Wildman–Crippen MR) is 110 cm³/mol. The molecule has 2 aromatic rings. The Labute approximate surface area is 173 Å². The van der Waals surface area contributed by atoms with Crippen LogP contribution in [0.3, 0.4) is 0 Å². The third-order valence-corrected chi connectivity index (χ3v) is 8.87. The summed E-state index contributed by atoms with van der Waals surface area (Å²) in [4.78, 5) is 24.5. The molecule has 0 radical (unpaired) electrons. The summed E-state index contributed by atoms with van der Waals surface area (Å²) in [5, 5.41) is 11.9. The van der Waals surface area contributed by atoms with Gasteiger partial charge in [-0.15, -0.1) is 11.3 Å². The molecule has 0 spiro atoms. The van der Waals surface area contributed by atoms with Crippen molar-refractivity contribution in [2.24, 2.45) is 17.3 Å². The molecule has 4 saturated carbocycles. The van der Waals surface area contributed by atoms with Crippen molar-refractivity contribution in [1.29, 1.82) is 0 Å². The maximum absolute atomic E-state index is 13.1. The third kappa shape index (κ3) is 2.81. The van der Waals surface area contributed by atoms with Crippen molar-refractivity contribution in [3.63, 3.8) is 0 Å². The van der Waals surface area contributed by atoms with Crippen molar-refractivity contribution in [2.75, 3.05) is 5.73 Å². The first-order valence-corrected chi connectivity index (χ1v) is 11.7. The highest BCUT2D eigenvalue weighted by atomic mass is 32.1. The smallest absolute Gasteiger partial charge is 0.312 e. The molecule has 2 atom stereocenters. The summed E-state index contributed by atoms with van der Waals surface area (Å²) in [5.74, 6) is 1.71. The van der Waals surface area contributed by atoms with Crippen molar-refractivity contribution in [2.45, 2.75) is 76.4 Å². The average Bonchev–Trinajstić information content (AvgIpc) is 3.03. The number of ether oxygens (including phenoxy) is 1. The molecule has 154 valence electrons. The van der Waals surface area contributed by atoms with Gasteiger partial charge in [-0.05, 0) is 81.6 Å². The Morgan fingerprint density at radius 2 is 1.93 bits per heavy atom. The highest BCUT2D eigenvalue weighted by Gasteiger charge is 2.60. The minimum absolute atomic E-state index is 0.0526. The van der Waals surface area contributed by atoms with Gasteiger partial charge in [0.25, 0.3) is 0 Å². The summed E-state index contributed by atoms with van der Waals surface area (Å²) < 4.78 is 5.74.